The summed E-state index contributed by atoms with van der Waals surface area (Å²) in [5.74, 6) is -0.182. The van der Waals surface area contributed by atoms with Crippen LogP contribution in [0, 0.1) is 0 Å². The van der Waals surface area contributed by atoms with Crippen LogP contribution in [0.15, 0.2) is 58.5 Å². The molecule has 2 rings (SSSR count). The molecule has 2 aromatic rings. The zero-order valence-corrected chi connectivity index (χ0v) is 11.4. The topological polar surface area (TPSA) is 41.5 Å². The Morgan fingerprint density at radius 3 is 2.68 bits per heavy atom. The number of amides is 1. The Balaban J connectivity index is 1.92. The lowest BCUT2D eigenvalue weighted by molar-refractivity contribution is 0.0959. The minimum atomic E-state index is -0.182. The number of carbonyl (C=O) groups excluding carboxylic acids is 1. The highest BCUT2D eigenvalue weighted by atomic mass is 32.1. The number of hydrogen-bond donors (Lipinski definition) is 1. The van der Waals surface area contributed by atoms with Gasteiger partial charge < -0.3 is 0 Å². The molecule has 96 valence electrons. The van der Waals surface area contributed by atoms with Gasteiger partial charge in [-0.3, -0.25) is 4.79 Å². The summed E-state index contributed by atoms with van der Waals surface area (Å²) in [6.07, 6.45) is 3.64. The molecule has 0 radical (unpaired) electrons. The molecule has 1 aromatic heterocycles. The summed E-state index contributed by atoms with van der Waals surface area (Å²) in [6, 6.07) is 13.6. The molecule has 0 atom stereocenters. The van der Waals surface area contributed by atoms with Crippen LogP contribution in [0.25, 0.3) is 6.08 Å². The van der Waals surface area contributed by atoms with E-state index >= 15 is 0 Å². The van der Waals surface area contributed by atoms with Crippen LogP contribution < -0.4 is 5.43 Å². The Kier molecular flexibility index (Phi) is 4.64. The van der Waals surface area contributed by atoms with E-state index in [9.17, 15) is 4.79 Å². The second kappa shape index (κ2) is 6.66. The molecule has 0 saturated carbocycles. The van der Waals surface area contributed by atoms with Crippen LogP contribution in [0.4, 0.5) is 0 Å². The minimum Gasteiger partial charge on any atom is -0.266 e. The molecule has 0 spiro atoms. The van der Waals surface area contributed by atoms with E-state index < -0.39 is 0 Å². The largest absolute Gasteiger partial charge is 0.281 e. The summed E-state index contributed by atoms with van der Waals surface area (Å²) in [4.78, 5) is 12.3. The highest BCUT2D eigenvalue weighted by Crippen LogP contribution is 2.07. The number of thiophene rings is 1. The van der Waals surface area contributed by atoms with Crippen molar-refractivity contribution in [1.29, 1.82) is 0 Å². The van der Waals surface area contributed by atoms with Crippen LogP contribution in [0.2, 0.25) is 0 Å². The lowest BCUT2D eigenvalue weighted by atomic mass is 10.1. The lowest BCUT2D eigenvalue weighted by Gasteiger charge is -1.96. The number of nitrogens with zero attached hydrogens (tertiary/aromatic N) is 1. The molecular formula is C15H14N2OS. The summed E-state index contributed by atoms with van der Waals surface area (Å²) >= 11 is 1.39. The second-order valence-corrected chi connectivity index (χ2v) is 4.92. The summed E-state index contributed by atoms with van der Waals surface area (Å²) in [5, 5.41) is 5.80. The molecule has 1 aromatic carbocycles. The first-order chi connectivity index (χ1) is 9.25. The lowest BCUT2D eigenvalue weighted by Crippen LogP contribution is -2.16. The number of benzene rings is 1. The number of carbonyl (C=O) groups is 1. The van der Waals surface area contributed by atoms with Crippen molar-refractivity contribution in [2.24, 2.45) is 5.10 Å². The number of nitrogens with one attached hydrogen (secondary N) is 1. The van der Waals surface area contributed by atoms with Crippen LogP contribution in [0.3, 0.4) is 0 Å². The predicted octanol–water partition coefficient (Wildman–Crippen LogP) is 3.57. The molecule has 3 nitrogen and oxygen atoms in total. The van der Waals surface area contributed by atoms with Crippen molar-refractivity contribution in [2.45, 2.75) is 6.92 Å². The molecule has 1 N–H and O–H groups in total. The zero-order valence-electron chi connectivity index (χ0n) is 10.5. The first kappa shape index (κ1) is 13.2. The van der Waals surface area contributed by atoms with Crippen molar-refractivity contribution in [3.8, 4) is 0 Å². The van der Waals surface area contributed by atoms with Crippen molar-refractivity contribution < 1.29 is 4.79 Å². The third kappa shape index (κ3) is 4.19. The van der Waals surface area contributed by atoms with Gasteiger partial charge in [0.2, 0.25) is 0 Å². The molecule has 0 aliphatic carbocycles. The van der Waals surface area contributed by atoms with Crippen molar-refractivity contribution in [3.63, 3.8) is 0 Å². The van der Waals surface area contributed by atoms with Gasteiger partial charge in [-0.2, -0.15) is 5.10 Å². The van der Waals surface area contributed by atoms with Crippen molar-refractivity contribution in [1.82, 2.24) is 5.43 Å². The van der Waals surface area contributed by atoms with Crippen LogP contribution >= 0.6 is 11.3 Å². The molecule has 0 aliphatic heterocycles. The molecule has 4 heteroatoms. The Labute approximate surface area is 116 Å². The van der Waals surface area contributed by atoms with Crippen molar-refractivity contribution in [2.75, 3.05) is 0 Å². The van der Waals surface area contributed by atoms with E-state index in [1.165, 1.54) is 11.3 Å². The van der Waals surface area contributed by atoms with Gasteiger partial charge in [-0.15, -0.1) is 11.3 Å². The molecule has 1 heterocycles. The second-order valence-electron chi connectivity index (χ2n) is 3.98. The van der Waals surface area contributed by atoms with Gasteiger partial charge >= 0.3 is 0 Å². The number of rotatable bonds is 4. The summed E-state index contributed by atoms with van der Waals surface area (Å²) in [7, 11) is 0. The number of allylic oxidation sites excluding steroid dienone is 1. The predicted molar refractivity (Wildman–Crippen MR) is 80.4 cm³/mol. The van der Waals surface area contributed by atoms with Gasteiger partial charge in [0.25, 0.3) is 5.91 Å². The van der Waals surface area contributed by atoms with Gasteiger partial charge in [-0.25, -0.2) is 5.43 Å². The van der Waals surface area contributed by atoms with Gasteiger partial charge in [0, 0.05) is 0 Å². The Morgan fingerprint density at radius 2 is 2.00 bits per heavy atom. The fraction of sp³-hybridized carbons (Fsp3) is 0.0667. The number of hydrazone groups is 1. The fourth-order valence-corrected chi connectivity index (χ4v) is 2.12. The maximum absolute atomic E-state index is 11.6. The maximum Gasteiger partial charge on any atom is 0.281 e. The number of hydrogen-bond acceptors (Lipinski definition) is 3. The highest BCUT2D eigenvalue weighted by Gasteiger charge is 2.03. The Hall–Kier alpha value is -2.20. The molecule has 0 unspecified atom stereocenters. The molecule has 0 fully saturated rings. The van der Waals surface area contributed by atoms with Crippen molar-refractivity contribution >= 4 is 29.5 Å². The average Bonchev–Trinajstić information content (AvgIpc) is 2.93. The van der Waals surface area contributed by atoms with E-state index in [1.54, 1.807) is 12.3 Å². The Bertz CT molecular complexity index is 586. The smallest absolute Gasteiger partial charge is 0.266 e. The third-order valence-electron chi connectivity index (χ3n) is 2.37. The van der Waals surface area contributed by atoms with E-state index in [0.717, 1.165) is 11.1 Å². The first-order valence-electron chi connectivity index (χ1n) is 5.86. The van der Waals surface area contributed by atoms with Gasteiger partial charge in [-0.05, 0) is 29.5 Å². The van der Waals surface area contributed by atoms with Crippen LogP contribution in [-0.4, -0.2) is 12.1 Å². The normalized spacial score (nSPS) is 11.7. The zero-order chi connectivity index (χ0) is 13.5. The summed E-state index contributed by atoms with van der Waals surface area (Å²) in [6.45, 7) is 1.94. The van der Waals surface area contributed by atoms with Crippen LogP contribution in [-0.2, 0) is 0 Å². The Morgan fingerprint density at radius 1 is 1.21 bits per heavy atom. The summed E-state index contributed by atoms with van der Waals surface area (Å²) < 4.78 is 0. The maximum atomic E-state index is 11.6. The van der Waals surface area contributed by atoms with E-state index in [-0.39, 0.29) is 5.91 Å². The van der Waals surface area contributed by atoms with Crippen molar-refractivity contribution in [3.05, 3.63) is 63.9 Å². The third-order valence-corrected chi connectivity index (χ3v) is 3.24. The van der Waals surface area contributed by atoms with Crippen LogP contribution in [0.1, 0.15) is 22.2 Å². The monoisotopic (exact) mass is 270 g/mol. The standard InChI is InChI=1S/C15H14N2OS/c1-12(10-13-6-3-2-4-7-13)11-16-17-15(18)14-8-5-9-19-14/h2-11H,1H3,(H,17,18)/b12-10-,16-11?. The van der Waals surface area contributed by atoms with E-state index in [1.807, 2.05) is 54.8 Å². The molecule has 1 amide bonds. The van der Waals surface area contributed by atoms with Gasteiger partial charge in [0.05, 0.1) is 11.1 Å². The quantitative estimate of drug-likeness (QED) is 0.669. The molecule has 0 aliphatic rings. The van der Waals surface area contributed by atoms with Gasteiger partial charge in [-0.1, -0.05) is 42.5 Å². The minimum absolute atomic E-state index is 0.182. The fourth-order valence-electron chi connectivity index (χ4n) is 1.50. The molecule has 19 heavy (non-hydrogen) atoms. The van der Waals surface area contributed by atoms with Gasteiger partial charge in [0.1, 0.15) is 0 Å². The first-order valence-corrected chi connectivity index (χ1v) is 6.74. The summed E-state index contributed by atoms with van der Waals surface area (Å²) in [5.41, 5.74) is 4.58. The van der Waals surface area contributed by atoms with Crippen LogP contribution in [0.5, 0.6) is 0 Å². The average molecular weight is 270 g/mol. The van der Waals surface area contributed by atoms with Gasteiger partial charge in [0.15, 0.2) is 0 Å². The van der Waals surface area contributed by atoms with E-state index in [2.05, 4.69) is 10.5 Å². The SMILES string of the molecule is C/C(C=NNC(=O)c1cccs1)=C/c1ccccc1. The highest BCUT2D eigenvalue weighted by molar-refractivity contribution is 7.12. The van der Waals surface area contributed by atoms with E-state index in [4.69, 9.17) is 0 Å². The molecule has 0 bridgehead atoms. The van der Waals surface area contributed by atoms with E-state index in [0.29, 0.717) is 4.88 Å². The molecular weight excluding hydrogens is 256 g/mol. The molecule has 0 saturated heterocycles.